The normalized spacial score (nSPS) is 19.7. The van der Waals surface area contributed by atoms with Crippen LogP contribution in [0.15, 0.2) is 41.3 Å². The Morgan fingerprint density at radius 2 is 1.79 bits per heavy atom. The van der Waals surface area contributed by atoms with Crippen LogP contribution in [0.4, 0.5) is 26.3 Å². The number of alkyl halides is 6. The van der Waals surface area contributed by atoms with E-state index in [4.69, 9.17) is 4.74 Å². The van der Waals surface area contributed by atoms with Crippen LogP contribution in [0.1, 0.15) is 39.9 Å². The average Bonchev–Trinajstić information content (AvgIpc) is 2.76. The molecule has 2 aromatic carbocycles. The Morgan fingerprint density at radius 1 is 1.12 bits per heavy atom. The lowest BCUT2D eigenvalue weighted by Crippen LogP contribution is -2.56. The lowest BCUT2D eigenvalue weighted by atomic mass is 9.79. The molecule has 1 saturated heterocycles. The fourth-order valence-electron chi connectivity index (χ4n) is 4.39. The molecule has 186 valence electrons. The highest BCUT2D eigenvalue weighted by Gasteiger charge is 2.45. The molecule has 0 aromatic heterocycles. The molecule has 1 fully saturated rings. The third-order valence-electron chi connectivity index (χ3n) is 5.84. The van der Waals surface area contributed by atoms with Crippen LogP contribution in [0.25, 0.3) is 0 Å². The van der Waals surface area contributed by atoms with E-state index >= 15 is 0 Å². The van der Waals surface area contributed by atoms with Crippen LogP contribution in [0.5, 0.6) is 5.75 Å². The average molecular weight is 507 g/mol. The van der Waals surface area contributed by atoms with Gasteiger partial charge in [0.25, 0.3) is 5.91 Å². The van der Waals surface area contributed by atoms with Gasteiger partial charge >= 0.3 is 12.4 Å². The van der Waals surface area contributed by atoms with Crippen molar-refractivity contribution >= 4 is 17.7 Å². The number of piperidine rings is 1. The zero-order valence-electron chi connectivity index (χ0n) is 18.7. The Balaban J connectivity index is 2.14. The highest BCUT2D eigenvalue weighted by molar-refractivity contribution is 7.98. The summed E-state index contributed by atoms with van der Waals surface area (Å²) < 4.78 is 86.7. The minimum Gasteiger partial charge on any atom is -0.496 e. The number of nitrogens with one attached hydrogen (secondary N) is 1. The van der Waals surface area contributed by atoms with E-state index in [2.05, 4.69) is 5.32 Å². The summed E-state index contributed by atoms with van der Waals surface area (Å²) in [5.74, 6) is -1.11. The molecule has 4 nitrogen and oxygen atoms in total. The molecule has 3 rings (SSSR count). The van der Waals surface area contributed by atoms with E-state index in [1.54, 1.807) is 7.05 Å². The van der Waals surface area contributed by atoms with Crippen LogP contribution in [0, 0.1) is 0 Å². The maximum atomic E-state index is 13.9. The van der Waals surface area contributed by atoms with Crippen molar-refractivity contribution in [1.29, 1.82) is 0 Å². The first-order valence-corrected chi connectivity index (χ1v) is 11.6. The van der Waals surface area contributed by atoms with Crippen LogP contribution < -0.4 is 10.1 Å². The topological polar surface area (TPSA) is 41.6 Å². The van der Waals surface area contributed by atoms with Gasteiger partial charge in [-0.3, -0.25) is 4.79 Å². The van der Waals surface area contributed by atoms with Crippen molar-refractivity contribution in [2.45, 2.75) is 35.6 Å². The first-order valence-electron chi connectivity index (χ1n) is 10.3. The van der Waals surface area contributed by atoms with Gasteiger partial charge in [-0.25, -0.2) is 0 Å². The largest absolute Gasteiger partial charge is 0.496 e. The van der Waals surface area contributed by atoms with Gasteiger partial charge in [0.1, 0.15) is 5.75 Å². The Hall–Kier alpha value is -2.40. The van der Waals surface area contributed by atoms with E-state index in [0.29, 0.717) is 13.0 Å². The number of halogens is 6. The smallest absolute Gasteiger partial charge is 0.416 e. The molecule has 1 aliphatic rings. The molecule has 34 heavy (non-hydrogen) atoms. The number of benzene rings is 2. The zero-order valence-corrected chi connectivity index (χ0v) is 19.5. The van der Waals surface area contributed by atoms with Crippen molar-refractivity contribution in [3.63, 3.8) is 0 Å². The highest BCUT2D eigenvalue weighted by Crippen LogP contribution is 2.42. The van der Waals surface area contributed by atoms with E-state index in [-0.39, 0.29) is 34.7 Å². The number of hydrogen-bond acceptors (Lipinski definition) is 4. The van der Waals surface area contributed by atoms with Crippen molar-refractivity contribution in [1.82, 2.24) is 10.2 Å². The standard InChI is InChI=1S/C23H24F6N2O2S/c1-31-10-6-9-21(13-31,15-7-4-5-8-16(15)23(27,28)29)30-20(32)19-17(33-2)11-14(22(24,25)26)12-18(19)34-3/h4-5,7-8,11-12H,6,9-10,13H2,1-3H3,(H,30,32). The van der Waals surface area contributed by atoms with Gasteiger partial charge in [0.2, 0.25) is 0 Å². The molecular formula is C23H24F6N2O2S. The van der Waals surface area contributed by atoms with Crippen LogP contribution in [0.2, 0.25) is 0 Å². The van der Waals surface area contributed by atoms with Crippen molar-refractivity contribution in [2.24, 2.45) is 0 Å². The summed E-state index contributed by atoms with van der Waals surface area (Å²) in [6, 6.07) is 6.60. The number of hydrogen-bond donors (Lipinski definition) is 1. The number of likely N-dealkylation sites (tertiary alicyclic amines) is 1. The van der Waals surface area contributed by atoms with E-state index < -0.39 is 34.9 Å². The molecule has 0 bridgehead atoms. The summed E-state index contributed by atoms with van der Waals surface area (Å²) in [4.78, 5) is 15.3. The number of thioether (sulfide) groups is 1. The number of rotatable bonds is 5. The van der Waals surface area contributed by atoms with Crippen molar-refractivity contribution in [2.75, 3.05) is 33.5 Å². The first-order chi connectivity index (χ1) is 15.8. The van der Waals surface area contributed by atoms with Gasteiger partial charge in [-0.15, -0.1) is 11.8 Å². The fourth-order valence-corrected chi connectivity index (χ4v) is 5.03. The Bertz CT molecular complexity index is 1030. The monoisotopic (exact) mass is 506 g/mol. The minimum atomic E-state index is -4.66. The Morgan fingerprint density at radius 3 is 2.35 bits per heavy atom. The number of carbonyl (C=O) groups excluding carboxylic acids is 1. The quantitative estimate of drug-likeness (QED) is 0.411. The van der Waals surface area contributed by atoms with Gasteiger partial charge in [0.15, 0.2) is 0 Å². The molecule has 2 aromatic rings. The summed E-state index contributed by atoms with van der Waals surface area (Å²) in [6.07, 6.45) is -7.06. The molecule has 1 unspecified atom stereocenters. The number of nitrogens with zero attached hydrogens (tertiary/aromatic N) is 1. The van der Waals surface area contributed by atoms with Gasteiger partial charge in [-0.05, 0) is 56.5 Å². The molecule has 1 N–H and O–H groups in total. The molecule has 0 radical (unpaired) electrons. The molecule has 0 saturated carbocycles. The molecule has 1 amide bonds. The summed E-state index contributed by atoms with van der Waals surface area (Å²) in [6.45, 7) is 0.731. The predicted molar refractivity (Wildman–Crippen MR) is 117 cm³/mol. The fraction of sp³-hybridized carbons (Fsp3) is 0.435. The molecule has 1 atom stereocenters. The third-order valence-corrected chi connectivity index (χ3v) is 6.61. The maximum Gasteiger partial charge on any atom is 0.416 e. The second kappa shape index (κ2) is 9.69. The molecule has 1 heterocycles. The molecule has 0 spiro atoms. The molecular weight excluding hydrogens is 482 g/mol. The number of methoxy groups -OCH3 is 1. The van der Waals surface area contributed by atoms with Crippen LogP contribution >= 0.6 is 11.8 Å². The summed E-state index contributed by atoms with van der Waals surface area (Å²) in [5, 5.41) is 2.76. The van der Waals surface area contributed by atoms with Crippen LogP contribution in [-0.2, 0) is 17.9 Å². The molecule has 11 heteroatoms. The van der Waals surface area contributed by atoms with Gasteiger partial charge in [-0.1, -0.05) is 18.2 Å². The number of amides is 1. The third kappa shape index (κ3) is 5.30. The highest BCUT2D eigenvalue weighted by atomic mass is 32.2. The van der Waals surface area contributed by atoms with Crippen LogP contribution in [0.3, 0.4) is 0 Å². The van der Waals surface area contributed by atoms with Gasteiger partial charge in [0.05, 0.1) is 29.3 Å². The zero-order chi connectivity index (χ0) is 25.3. The van der Waals surface area contributed by atoms with E-state index in [1.807, 2.05) is 4.90 Å². The second-order valence-electron chi connectivity index (χ2n) is 8.17. The van der Waals surface area contributed by atoms with Crippen LogP contribution in [-0.4, -0.2) is 44.3 Å². The van der Waals surface area contributed by atoms with Crippen molar-refractivity contribution < 1.29 is 35.9 Å². The van der Waals surface area contributed by atoms with Crippen molar-refractivity contribution in [3.05, 3.63) is 58.7 Å². The lowest BCUT2D eigenvalue weighted by molar-refractivity contribution is -0.139. The van der Waals surface area contributed by atoms with E-state index in [1.165, 1.54) is 24.5 Å². The Labute approximate surface area is 197 Å². The number of carbonyl (C=O) groups is 1. The molecule has 1 aliphatic heterocycles. The first kappa shape index (κ1) is 26.2. The second-order valence-corrected chi connectivity index (χ2v) is 9.02. The predicted octanol–water partition coefficient (Wildman–Crippen LogP) is 5.81. The molecule has 0 aliphatic carbocycles. The van der Waals surface area contributed by atoms with E-state index in [0.717, 1.165) is 37.1 Å². The SMILES string of the molecule is COc1cc(C(F)(F)F)cc(SC)c1C(=O)NC1(c2ccccc2C(F)(F)F)CCCN(C)C1. The minimum absolute atomic E-state index is 0.00703. The van der Waals surface area contributed by atoms with Gasteiger partial charge in [0, 0.05) is 11.4 Å². The summed E-state index contributed by atoms with van der Waals surface area (Å²) in [7, 11) is 2.88. The van der Waals surface area contributed by atoms with Crippen molar-refractivity contribution in [3.8, 4) is 5.75 Å². The summed E-state index contributed by atoms with van der Waals surface area (Å²) in [5.41, 5.74) is -3.49. The van der Waals surface area contributed by atoms with Gasteiger partial charge < -0.3 is 15.0 Å². The number of ether oxygens (including phenoxy) is 1. The van der Waals surface area contributed by atoms with E-state index in [9.17, 15) is 31.1 Å². The number of likely N-dealkylation sites (N-methyl/N-ethyl adjacent to an activating group) is 1. The Kier molecular flexibility index (Phi) is 7.47. The summed E-state index contributed by atoms with van der Waals surface area (Å²) >= 11 is 0.917. The van der Waals surface area contributed by atoms with Gasteiger partial charge in [-0.2, -0.15) is 26.3 Å². The maximum absolute atomic E-state index is 13.9. The lowest BCUT2D eigenvalue weighted by Gasteiger charge is -2.43.